The van der Waals surface area contributed by atoms with Gasteiger partial charge in [-0.3, -0.25) is 0 Å². The second-order valence-corrected chi connectivity index (χ2v) is 5.54. The molecule has 0 aliphatic carbocycles. The molecule has 2 nitrogen and oxygen atoms in total. The van der Waals surface area contributed by atoms with E-state index in [1.165, 1.54) is 10.8 Å². The lowest BCUT2D eigenvalue weighted by Gasteiger charge is -2.13. The third-order valence-electron chi connectivity index (χ3n) is 4.14. The summed E-state index contributed by atoms with van der Waals surface area (Å²) in [5, 5.41) is 4.65. The van der Waals surface area contributed by atoms with E-state index in [1.54, 1.807) is 0 Å². The summed E-state index contributed by atoms with van der Waals surface area (Å²) in [5.41, 5.74) is 16.0. The molecule has 0 saturated carbocycles. The van der Waals surface area contributed by atoms with Gasteiger partial charge in [0.25, 0.3) is 0 Å². The summed E-state index contributed by atoms with van der Waals surface area (Å²) in [6.45, 7) is 0. The van der Waals surface area contributed by atoms with Gasteiger partial charge in [-0.15, -0.1) is 0 Å². The molecule has 4 N–H and O–H groups in total. The zero-order chi connectivity index (χ0) is 15.1. The average Bonchev–Trinajstić information content (AvgIpc) is 2.54. The number of nitrogens with two attached hydrogens (primary N) is 2. The fourth-order valence-corrected chi connectivity index (χ4v) is 3.10. The maximum atomic E-state index is 6.32. The molecule has 0 aliphatic heterocycles. The molecular formula is C20H16N2. The summed E-state index contributed by atoms with van der Waals surface area (Å²) in [6, 6.07) is 24.6. The Morgan fingerprint density at radius 3 is 2.23 bits per heavy atom. The van der Waals surface area contributed by atoms with Crippen molar-refractivity contribution in [1.29, 1.82) is 0 Å². The van der Waals surface area contributed by atoms with Crippen molar-refractivity contribution in [3.8, 4) is 11.1 Å². The largest absolute Gasteiger partial charge is 0.399 e. The third kappa shape index (κ3) is 1.89. The molecule has 0 bridgehead atoms. The van der Waals surface area contributed by atoms with Gasteiger partial charge in [-0.05, 0) is 45.3 Å². The SMILES string of the molecule is Nc1ccc2ccc(N)c(-c3cccc4ccccc34)c2c1. The molecule has 106 valence electrons. The molecule has 0 aliphatic rings. The van der Waals surface area contributed by atoms with Gasteiger partial charge in [0.05, 0.1) is 0 Å². The molecule has 0 unspecified atom stereocenters. The molecule has 0 heterocycles. The van der Waals surface area contributed by atoms with Crippen LogP contribution in [0.4, 0.5) is 11.4 Å². The molecular weight excluding hydrogens is 268 g/mol. The van der Waals surface area contributed by atoms with Crippen LogP contribution in [-0.4, -0.2) is 0 Å². The zero-order valence-electron chi connectivity index (χ0n) is 12.1. The minimum Gasteiger partial charge on any atom is -0.399 e. The van der Waals surface area contributed by atoms with Gasteiger partial charge in [0.15, 0.2) is 0 Å². The first-order chi connectivity index (χ1) is 10.7. The molecule has 4 rings (SSSR count). The van der Waals surface area contributed by atoms with E-state index in [-0.39, 0.29) is 0 Å². The summed E-state index contributed by atoms with van der Waals surface area (Å²) < 4.78 is 0. The van der Waals surface area contributed by atoms with Crippen LogP contribution in [-0.2, 0) is 0 Å². The maximum absolute atomic E-state index is 6.32. The summed E-state index contributed by atoms with van der Waals surface area (Å²) in [6.07, 6.45) is 0. The van der Waals surface area contributed by atoms with Gasteiger partial charge >= 0.3 is 0 Å². The monoisotopic (exact) mass is 284 g/mol. The minimum atomic E-state index is 0.750. The van der Waals surface area contributed by atoms with Crippen molar-refractivity contribution in [3.63, 3.8) is 0 Å². The lowest BCUT2D eigenvalue weighted by molar-refractivity contribution is 1.67. The van der Waals surface area contributed by atoms with Crippen molar-refractivity contribution < 1.29 is 0 Å². The van der Waals surface area contributed by atoms with E-state index in [2.05, 4.69) is 42.5 Å². The standard InChI is InChI=1S/C20H16N2/c21-15-10-8-14-9-11-19(22)20(18(14)12-15)17-7-3-5-13-4-1-2-6-16(13)17/h1-12H,21-22H2. The molecule has 0 aromatic heterocycles. The lowest BCUT2D eigenvalue weighted by atomic mass is 9.92. The molecule has 0 radical (unpaired) electrons. The Kier molecular flexibility index (Phi) is 2.76. The normalized spacial score (nSPS) is 11.1. The molecule has 0 fully saturated rings. The van der Waals surface area contributed by atoms with Gasteiger partial charge in [-0.25, -0.2) is 0 Å². The van der Waals surface area contributed by atoms with Gasteiger partial charge < -0.3 is 11.5 Å². The first-order valence-electron chi connectivity index (χ1n) is 7.30. The highest BCUT2D eigenvalue weighted by Crippen LogP contribution is 2.38. The summed E-state index contributed by atoms with van der Waals surface area (Å²) >= 11 is 0. The Bertz CT molecular complexity index is 992. The van der Waals surface area contributed by atoms with Gasteiger partial charge in [0.2, 0.25) is 0 Å². The van der Waals surface area contributed by atoms with Crippen LogP contribution in [0.3, 0.4) is 0 Å². The van der Waals surface area contributed by atoms with E-state index in [9.17, 15) is 0 Å². The number of anilines is 2. The van der Waals surface area contributed by atoms with Crippen LogP contribution in [0.1, 0.15) is 0 Å². The molecule has 22 heavy (non-hydrogen) atoms. The van der Waals surface area contributed by atoms with E-state index < -0.39 is 0 Å². The second-order valence-electron chi connectivity index (χ2n) is 5.54. The number of nitrogen functional groups attached to an aromatic ring is 2. The summed E-state index contributed by atoms with van der Waals surface area (Å²) in [4.78, 5) is 0. The molecule has 4 aromatic carbocycles. The predicted molar refractivity (Wildman–Crippen MR) is 95.7 cm³/mol. The molecule has 0 saturated heterocycles. The number of hydrogen-bond acceptors (Lipinski definition) is 2. The minimum absolute atomic E-state index is 0.750. The first-order valence-corrected chi connectivity index (χ1v) is 7.30. The highest BCUT2D eigenvalue weighted by atomic mass is 14.6. The van der Waals surface area contributed by atoms with Gasteiger partial charge in [0.1, 0.15) is 0 Å². The molecule has 2 heteroatoms. The van der Waals surface area contributed by atoms with E-state index >= 15 is 0 Å². The number of rotatable bonds is 1. The van der Waals surface area contributed by atoms with Gasteiger partial charge in [-0.1, -0.05) is 54.6 Å². The van der Waals surface area contributed by atoms with E-state index in [0.717, 1.165) is 33.3 Å². The Morgan fingerprint density at radius 1 is 0.591 bits per heavy atom. The first kappa shape index (κ1) is 12.7. The van der Waals surface area contributed by atoms with Crippen molar-refractivity contribution in [1.82, 2.24) is 0 Å². The highest BCUT2D eigenvalue weighted by Gasteiger charge is 2.11. The fourth-order valence-electron chi connectivity index (χ4n) is 3.10. The van der Waals surface area contributed by atoms with Gasteiger partial charge in [-0.2, -0.15) is 0 Å². The van der Waals surface area contributed by atoms with E-state index in [0.29, 0.717) is 0 Å². The number of benzene rings is 4. The molecule has 0 atom stereocenters. The topological polar surface area (TPSA) is 52.0 Å². The van der Waals surface area contributed by atoms with Crippen LogP contribution in [0, 0.1) is 0 Å². The van der Waals surface area contributed by atoms with Crippen molar-refractivity contribution in [2.75, 3.05) is 11.5 Å². The quantitative estimate of drug-likeness (QED) is 0.492. The number of hydrogen-bond donors (Lipinski definition) is 2. The van der Waals surface area contributed by atoms with Crippen LogP contribution in [0.5, 0.6) is 0 Å². The van der Waals surface area contributed by atoms with E-state index in [4.69, 9.17) is 11.5 Å². The van der Waals surface area contributed by atoms with Crippen LogP contribution in [0.25, 0.3) is 32.7 Å². The van der Waals surface area contributed by atoms with Gasteiger partial charge in [0, 0.05) is 16.9 Å². The van der Waals surface area contributed by atoms with Crippen LogP contribution < -0.4 is 11.5 Å². The Morgan fingerprint density at radius 2 is 1.32 bits per heavy atom. The molecule has 0 amide bonds. The zero-order valence-corrected chi connectivity index (χ0v) is 12.1. The summed E-state index contributed by atoms with van der Waals surface area (Å²) in [7, 11) is 0. The van der Waals surface area contributed by atoms with Crippen molar-refractivity contribution in [2.24, 2.45) is 0 Å². The van der Waals surface area contributed by atoms with Crippen LogP contribution in [0.2, 0.25) is 0 Å². The van der Waals surface area contributed by atoms with Crippen molar-refractivity contribution in [3.05, 3.63) is 72.8 Å². The Labute approximate surface area is 129 Å². The smallest absolute Gasteiger partial charge is 0.0400 e. The van der Waals surface area contributed by atoms with Crippen LogP contribution in [0.15, 0.2) is 72.8 Å². The van der Waals surface area contributed by atoms with Crippen molar-refractivity contribution >= 4 is 32.9 Å². The third-order valence-corrected chi connectivity index (χ3v) is 4.14. The Balaban J connectivity index is 2.16. The highest BCUT2D eigenvalue weighted by molar-refractivity contribution is 6.09. The number of fused-ring (bicyclic) bond motifs is 2. The van der Waals surface area contributed by atoms with Crippen molar-refractivity contribution in [2.45, 2.75) is 0 Å². The molecule has 4 aromatic rings. The maximum Gasteiger partial charge on any atom is 0.0400 e. The predicted octanol–water partition coefficient (Wildman–Crippen LogP) is 4.82. The average molecular weight is 284 g/mol. The van der Waals surface area contributed by atoms with E-state index in [1.807, 2.05) is 30.3 Å². The summed E-state index contributed by atoms with van der Waals surface area (Å²) in [5.74, 6) is 0. The molecule has 0 spiro atoms. The second kappa shape index (κ2) is 4.78. The lowest BCUT2D eigenvalue weighted by Crippen LogP contribution is -1.93. The van der Waals surface area contributed by atoms with Crippen LogP contribution >= 0.6 is 0 Å². The Hall–Kier alpha value is -3.00. The fraction of sp³-hybridized carbons (Fsp3) is 0.